The highest BCUT2D eigenvalue weighted by atomic mass is 32.1. The highest BCUT2D eigenvalue weighted by Crippen LogP contribution is 2.35. The van der Waals surface area contributed by atoms with E-state index in [1.54, 1.807) is 166 Å². The first kappa shape index (κ1) is 86.0. The molecule has 35 heteroatoms. The molecule has 0 spiro atoms. The lowest BCUT2D eigenvalue weighted by Gasteiger charge is -2.46. The Balaban J connectivity index is 3.42. The Labute approximate surface area is 574 Å². The van der Waals surface area contributed by atoms with Gasteiger partial charge in [-0.05, 0) is 191 Å². The van der Waals surface area contributed by atoms with Gasteiger partial charge in [-0.3, -0.25) is 42.5 Å². The Kier molecular flexibility index (Phi) is 32.1. The molecule has 2 rings (SSSR count). The van der Waals surface area contributed by atoms with E-state index in [9.17, 15) is 53.7 Å². The molecule has 8 amide bonds. The van der Waals surface area contributed by atoms with Crippen molar-refractivity contribution in [2.45, 2.75) is 304 Å². The van der Waals surface area contributed by atoms with Crippen LogP contribution in [-0.4, -0.2) is 213 Å². The average molecular weight is 1410 g/mol. The highest BCUT2D eigenvalue weighted by Gasteiger charge is 2.52. The molecule has 1 saturated carbocycles. The van der Waals surface area contributed by atoms with Crippen molar-refractivity contribution >= 4 is 85.2 Å². The summed E-state index contributed by atoms with van der Waals surface area (Å²) in [5.74, 6) is -2.07. The maximum Gasteiger partial charge on any atom is 0.414 e. The number of nitrogens with one attached hydrogen (secondary N) is 8. The van der Waals surface area contributed by atoms with Crippen LogP contribution in [0.5, 0.6) is 0 Å². The van der Waals surface area contributed by atoms with Gasteiger partial charge in [-0.1, -0.05) is 12.8 Å². The number of ether oxygens (including phenoxy) is 11. The molecule has 0 radical (unpaired) electrons. The summed E-state index contributed by atoms with van der Waals surface area (Å²) >= 11 is 4.34. The van der Waals surface area contributed by atoms with E-state index in [4.69, 9.17) is 57.1 Å². The number of unbranched alkanes of at least 4 members (excludes halogenated alkanes) is 3. The molecule has 0 aromatic carbocycles. The summed E-state index contributed by atoms with van der Waals surface area (Å²) in [6.45, 7) is 36.7. The lowest BCUT2D eigenvalue weighted by Crippen LogP contribution is -2.64. The molecule has 11 N–H and O–H groups in total. The van der Waals surface area contributed by atoms with Gasteiger partial charge in [0.25, 0.3) is 0 Å². The fourth-order valence-corrected chi connectivity index (χ4v) is 8.51. The van der Waals surface area contributed by atoms with Crippen molar-refractivity contribution < 1.29 is 106 Å². The van der Waals surface area contributed by atoms with E-state index in [0.717, 1.165) is 6.42 Å². The van der Waals surface area contributed by atoms with E-state index in [0.29, 0.717) is 25.0 Å². The van der Waals surface area contributed by atoms with Crippen molar-refractivity contribution in [1.29, 1.82) is 0 Å². The summed E-state index contributed by atoms with van der Waals surface area (Å²) in [6, 6.07) is -5.21. The van der Waals surface area contributed by atoms with Crippen molar-refractivity contribution in [3.05, 3.63) is 0 Å². The Morgan fingerprint density at radius 2 is 0.691 bits per heavy atom. The quantitative estimate of drug-likeness (QED) is 0.0269. The number of nitrogens with zero attached hydrogens (tertiary/aromatic N) is 4. The number of carbonyl (C=O) groups is 8. The number of aliphatic hydroxyl groups excluding tert-OH is 3. The minimum Gasteiger partial charge on any atom is -0.444 e. The zero-order chi connectivity index (χ0) is 74.6. The van der Waals surface area contributed by atoms with Gasteiger partial charge >= 0.3 is 48.7 Å². The molecule has 0 aromatic heterocycles. The number of thiol groups is 1. The number of amides is 8. The third-order valence-electron chi connectivity index (χ3n) is 11.5. The van der Waals surface area contributed by atoms with Crippen LogP contribution in [0, 0.1) is 0 Å². The smallest absolute Gasteiger partial charge is 0.414 e. The van der Waals surface area contributed by atoms with E-state index < -0.39 is 191 Å². The van der Waals surface area contributed by atoms with Gasteiger partial charge in [0.05, 0.1) is 18.6 Å². The third kappa shape index (κ3) is 37.5. The van der Waals surface area contributed by atoms with Crippen LogP contribution in [0.15, 0.2) is 20.0 Å². The zero-order valence-electron chi connectivity index (χ0n) is 60.8. The fourth-order valence-electron chi connectivity index (χ4n) is 8.29. The maximum atomic E-state index is 13.8. The lowest BCUT2D eigenvalue weighted by atomic mass is 9.83. The molecule has 0 aromatic rings. The summed E-state index contributed by atoms with van der Waals surface area (Å²) in [5, 5.41) is 56.5. The van der Waals surface area contributed by atoms with E-state index in [2.05, 4.69) is 70.1 Å². The zero-order valence-corrected chi connectivity index (χ0v) is 61.7. The number of hydrogen-bond acceptors (Lipinski definition) is 27. The van der Waals surface area contributed by atoms with Gasteiger partial charge in [0, 0.05) is 6.61 Å². The van der Waals surface area contributed by atoms with Crippen molar-refractivity contribution in [2.75, 3.05) is 18.9 Å². The Morgan fingerprint density at radius 1 is 0.392 bits per heavy atom. The molecule has 556 valence electrons. The molecule has 2 fully saturated rings. The topological polar surface area (TPSA) is 444 Å². The first-order valence-corrected chi connectivity index (χ1v) is 32.5. The van der Waals surface area contributed by atoms with Crippen LogP contribution in [0.1, 0.15) is 198 Å². The van der Waals surface area contributed by atoms with Crippen molar-refractivity contribution in [1.82, 2.24) is 42.5 Å². The number of rotatable bonds is 14. The first-order valence-electron chi connectivity index (χ1n) is 31.8. The number of alkyl carbamates (subject to hydrolysis) is 8. The molecular formula is C62H110N12O22S. The van der Waals surface area contributed by atoms with Crippen molar-refractivity contribution in [3.63, 3.8) is 0 Å². The second kappa shape index (κ2) is 36.2. The molecule has 2 aliphatic rings. The van der Waals surface area contributed by atoms with Gasteiger partial charge in [0.15, 0.2) is 6.29 Å². The molecule has 10 atom stereocenters. The van der Waals surface area contributed by atoms with E-state index in [-0.39, 0.29) is 6.61 Å². The minimum atomic E-state index is -2.20. The highest BCUT2D eigenvalue weighted by molar-refractivity contribution is 7.80. The summed E-state index contributed by atoms with van der Waals surface area (Å²) < 4.78 is 64.0. The van der Waals surface area contributed by atoms with Crippen molar-refractivity contribution in [2.24, 2.45) is 20.0 Å². The first-order chi connectivity index (χ1) is 44.0. The van der Waals surface area contributed by atoms with Gasteiger partial charge in [-0.2, -0.15) is 12.6 Å². The molecule has 34 nitrogen and oxygen atoms in total. The predicted octanol–water partition coefficient (Wildman–Crippen LogP) is 7.19. The molecule has 0 unspecified atom stereocenters. The Morgan fingerprint density at radius 3 is 1.01 bits per heavy atom. The standard InChI is InChI=1S/C62H110N12O22S/c1-55(2,3)89-47(78)67-43(68-48(79)90-56(4,5)6)63-32-35-38(76)39(77)36(66-46(73-53(84)95-61(19,20)21)74-54(85)96-62(22,23)24)42(87-35)88-40-34(65-45(71-51(82)93-59(13,14)15)72-52(83)94-60(16,17)18)31-33(37(75)41(40)86-29-27-25-26-28-30-97)64-44(69-49(80)91-57(7,8)9)70-50(81)92-58(10,11)12/h33-42,75-77,97H,25-32H2,1-24H3,(H2,63,67,68,78,79)(H2,64,69,70,80,81)(H2,65,71,72,82,83)(H2,66,73,74,84,85)/t33-,34+,35-,36-,37+,38-,39-,40-,41-,42-/m1/s1. The molecule has 1 saturated heterocycles. The lowest BCUT2D eigenvalue weighted by molar-refractivity contribution is -0.290. The SMILES string of the molecule is CC(C)(C)OC(=O)NC(=NC[C@H]1O[C@H](O[C@H]2[C@H](OCCCCCCS)[C@@H](O)[C@H](N=C(NC(=O)OC(C)(C)C)NC(=O)OC(C)(C)C)C[C@@H]2N=C(NC(=O)OC(C)(C)C)NC(=O)OC(C)(C)C)[C@H](N=C(NC(=O)OC(C)(C)C)NC(=O)OC(C)(C)C)[C@@H](O)[C@@H]1O)NC(=O)OC(C)(C)C. The van der Waals surface area contributed by atoms with Gasteiger partial charge in [0.1, 0.15) is 87.5 Å². The number of guanidine groups is 4. The fraction of sp³-hybridized carbons (Fsp3) is 0.806. The van der Waals surface area contributed by atoms with Crippen LogP contribution in [0.4, 0.5) is 38.4 Å². The van der Waals surface area contributed by atoms with Gasteiger partial charge < -0.3 is 67.4 Å². The summed E-state index contributed by atoms with van der Waals surface area (Å²) in [7, 11) is 0. The van der Waals surface area contributed by atoms with E-state index in [1.165, 1.54) is 0 Å². The summed E-state index contributed by atoms with van der Waals surface area (Å²) in [6.07, 6.45) is -20.9. The monoisotopic (exact) mass is 1410 g/mol. The molecule has 97 heavy (non-hydrogen) atoms. The largest absolute Gasteiger partial charge is 0.444 e. The summed E-state index contributed by atoms with van der Waals surface area (Å²) in [4.78, 5) is 127. The Bertz CT molecular complexity index is 2650. The van der Waals surface area contributed by atoms with Gasteiger partial charge in [-0.25, -0.2) is 58.3 Å². The van der Waals surface area contributed by atoms with Crippen LogP contribution >= 0.6 is 12.6 Å². The predicted molar refractivity (Wildman–Crippen MR) is 359 cm³/mol. The molecule has 1 heterocycles. The van der Waals surface area contributed by atoms with Gasteiger partial charge in [0.2, 0.25) is 23.8 Å². The van der Waals surface area contributed by atoms with Crippen LogP contribution < -0.4 is 42.5 Å². The van der Waals surface area contributed by atoms with Crippen LogP contribution in [0.25, 0.3) is 0 Å². The van der Waals surface area contributed by atoms with Crippen LogP contribution in [0.2, 0.25) is 0 Å². The second-order valence-electron chi connectivity index (χ2n) is 30.6. The summed E-state index contributed by atoms with van der Waals surface area (Å²) in [5.41, 5.74) is -8.87. The van der Waals surface area contributed by atoms with E-state index in [1.807, 2.05) is 0 Å². The number of carbonyl (C=O) groups excluding carboxylic acids is 8. The van der Waals surface area contributed by atoms with Crippen molar-refractivity contribution in [3.8, 4) is 0 Å². The molecule has 1 aliphatic carbocycles. The normalized spacial score (nSPS) is 21.6. The number of aliphatic imine (C=N–C) groups is 4. The maximum absolute atomic E-state index is 13.8. The number of hydrogen-bond donors (Lipinski definition) is 12. The minimum absolute atomic E-state index is 0.146. The molecular weight excluding hydrogens is 1300 g/mol. The van der Waals surface area contributed by atoms with Gasteiger partial charge in [-0.15, -0.1) is 0 Å². The van der Waals surface area contributed by atoms with E-state index >= 15 is 0 Å². The molecule has 0 bridgehead atoms. The third-order valence-corrected chi connectivity index (χ3v) is 11.8. The Hall–Kier alpha value is -7.05. The number of aliphatic hydroxyl groups is 3. The molecule has 1 aliphatic heterocycles. The van der Waals surface area contributed by atoms with Crippen LogP contribution in [0.3, 0.4) is 0 Å². The second-order valence-corrected chi connectivity index (χ2v) is 31.0. The van der Waals surface area contributed by atoms with Crippen LogP contribution in [-0.2, 0) is 52.1 Å². The average Bonchev–Trinajstić information content (AvgIpc) is 0.774.